The Hall–Kier alpha value is -3.94. The van der Waals surface area contributed by atoms with E-state index in [4.69, 9.17) is 4.74 Å². The molecule has 1 N–H and O–H groups in total. The maximum atomic E-state index is 12.9. The molecule has 8 nitrogen and oxygen atoms in total. The lowest BCUT2D eigenvalue weighted by molar-refractivity contribution is -0.384. The number of carbonyl (C=O) groups excluding carboxylic acids is 1. The van der Waals surface area contributed by atoms with E-state index < -0.39 is 16.9 Å². The van der Waals surface area contributed by atoms with Gasteiger partial charge in [-0.3, -0.25) is 14.7 Å². The molecule has 0 aliphatic carbocycles. The van der Waals surface area contributed by atoms with Gasteiger partial charge in [0.2, 0.25) is 5.95 Å². The zero-order chi connectivity index (χ0) is 20.5. The van der Waals surface area contributed by atoms with Gasteiger partial charge >= 0.3 is 5.97 Å². The molecule has 0 radical (unpaired) electrons. The molecule has 1 aromatic heterocycles. The maximum absolute atomic E-state index is 12.9. The number of hydrogen-bond acceptors (Lipinski definition) is 6. The van der Waals surface area contributed by atoms with Crippen LogP contribution in [-0.2, 0) is 9.53 Å². The van der Waals surface area contributed by atoms with Crippen LogP contribution in [0.3, 0.4) is 0 Å². The van der Waals surface area contributed by atoms with Crippen LogP contribution < -0.4 is 5.32 Å². The highest BCUT2D eigenvalue weighted by Crippen LogP contribution is 2.40. The molecular weight excluding hydrogens is 372 g/mol. The van der Waals surface area contributed by atoms with Gasteiger partial charge in [0, 0.05) is 17.8 Å². The van der Waals surface area contributed by atoms with E-state index in [2.05, 4.69) is 16.9 Å². The third kappa shape index (κ3) is 3.14. The number of rotatable bonds is 5. The normalized spacial score (nSPS) is 15.6. The van der Waals surface area contributed by atoms with Crippen molar-refractivity contribution in [2.75, 3.05) is 11.9 Å². The van der Waals surface area contributed by atoms with Gasteiger partial charge in [-0.2, -0.15) is 0 Å². The number of nitrogens with zero attached hydrogens (tertiary/aromatic N) is 3. The Balaban J connectivity index is 1.96. The number of esters is 1. The average Bonchev–Trinajstić information content (AvgIpc) is 3.08. The van der Waals surface area contributed by atoms with Gasteiger partial charge in [0.25, 0.3) is 5.69 Å². The predicted octanol–water partition coefficient (Wildman–Crippen LogP) is 3.96. The van der Waals surface area contributed by atoms with Gasteiger partial charge in [0.15, 0.2) is 0 Å². The monoisotopic (exact) mass is 390 g/mol. The lowest BCUT2D eigenvalue weighted by Gasteiger charge is -2.30. The van der Waals surface area contributed by atoms with Crippen LogP contribution in [0, 0.1) is 10.1 Å². The number of nitro groups is 1. The number of nitro benzene ring substituents is 1. The Morgan fingerprint density at radius 2 is 2.14 bits per heavy atom. The molecular formula is C21H18N4O4. The molecule has 2 heterocycles. The van der Waals surface area contributed by atoms with E-state index in [0.29, 0.717) is 22.8 Å². The first kappa shape index (κ1) is 18.4. The molecule has 0 saturated carbocycles. The second-order valence-corrected chi connectivity index (χ2v) is 6.60. The summed E-state index contributed by atoms with van der Waals surface area (Å²) in [4.78, 5) is 28.4. The van der Waals surface area contributed by atoms with Crippen molar-refractivity contribution in [2.24, 2.45) is 0 Å². The summed E-state index contributed by atoms with van der Waals surface area (Å²) in [6.45, 7) is 5.40. The lowest BCUT2D eigenvalue weighted by Crippen LogP contribution is -2.29. The first-order valence-corrected chi connectivity index (χ1v) is 8.98. The zero-order valence-electron chi connectivity index (χ0n) is 15.7. The Morgan fingerprint density at radius 3 is 2.90 bits per heavy atom. The predicted molar refractivity (Wildman–Crippen MR) is 108 cm³/mol. The minimum absolute atomic E-state index is 0.0523. The molecule has 1 aliphatic rings. The number of allylic oxidation sites excluding steroid dienone is 1. The minimum atomic E-state index is -0.629. The zero-order valence-corrected chi connectivity index (χ0v) is 15.7. The number of imidazole rings is 1. The van der Waals surface area contributed by atoms with Crippen LogP contribution in [0.25, 0.3) is 11.0 Å². The molecule has 8 heteroatoms. The van der Waals surface area contributed by atoms with E-state index in [1.165, 1.54) is 18.2 Å². The average molecular weight is 390 g/mol. The summed E-state index contributed by atoms with van der Waals surface area (Å²) >= 11 is 0. The van der Waals surface area contributed by atoms with Crippen LogP contribution in [-0.4, -0.2) is 27.1 Å². The number of fused-ring (bicyclic) bond motifs is 3. The molecule has 4 rings (SSSR count). The van der Waals surface area contributed by atoms with Crippen molar-refractivity contribution in [3.05, 3.63) is 88.1 Å². The van der Waals surface area contributed by atoms with Crippen molar-refractivity contribution >= 4 is 28.6 Å². The van der Waals surface area contributed by atoms with Gasteiger partial charge in [0.05, 0.1) is 27.6 Å². The molecule has 1 aliphatic heterocycles. The number of ether oxygens (including phenoxy) is 1. The minimum Gasteiger partial charge on any atom is -0.458 e. The fraction of sp³-hybridized carbons (Fsp3) is 0.143. The number of carbonyl (C=O) groups is 1. The molecule has 29 heavy (non-hydrogen) atoms. The molecule has 0 amide bonds. The first-order chi connectivity index (χ1) is 14.0. The Labute approximate surface area is 166 Å². The summed E-state index contributed by atoms with van der Waals surface area (Å²) in [6.07, 6.45) is 1.49. The highest BCUT2D eigenvalue weighted by Gasteiger charge is 2.35. The highest BCUT2D eigenvalue weighted by molar-refractivity contribution is 5.94. The summed E-state index contributed by atoms with van der Waals surface area (Å²) in [6, 6.07) is 13.2. The van der Waals surface area contributed by atoms with Crippen molar-refractivity contribution in [1.82, 2.24) is 9.55 Å². The standard InChI is InChI=1S/C21H18N4O4/c1-3-11-29-20(26)18-13(2)22-21-23-16-9-4-5-10-17(16)24(21)19(18)14-7-6-8-15(12-14)25(27)28/h3-10,12,19H,1,11H2,2H3,(H,22,23)/t19-/m1/s1. The van der Waals surface area contributed by atoms with Crippen LogP contribution in [0.15, 0.2) is 72.5 Å². The summed E-state index contributed by atoms with van der Waals surface area (Å²) in [5.74, 6) is 0.0373. The van der Waals surface area contributed by atoms with Gasteiger partial charge in [-0.05, 0) is 24.6 Å². The van der Waals surface area contributed by atoms with Gasteiger partial charge in [-0.1, -0.05) is 36.9 Å². The molecule has 1 atom stereocenters. The summed E-state index contributed by atoms with van der Waals surface area (Å²) < 4.78 is 7.18. The van der Waals surface area contributed by atoms with Crippen molar-refractivity contribution < 1.29 is 14.5 Å². The molecule has 3 aromatic rings. The molecule has 146 valence electrons. The Bertz CT molecular complexity index is 1180. The van der Waals surface area contributed by atoms with Crippen LogP contribution >= 0.6 is 0 Å². The van der Waals surface area contributed by atoms with Crippen molar-refractivity contribution in [3.63, 3.8) is 0 Å². The van der Waals surface area contributed by atoms with Crippen molar-refractivity contribution in [3.8, 4) is 0 Å². The van der Waals surface area contributed by atoms with E-state index in [0.717, 1.165) is 11.0 Å². The smallest absolute Gasteiger partial charge is 0.338 e. The quantitative estimate of drug-likeness (QED) is 0.306. The third-order valence-corrected chi connectivity index (χ3v) is 4.78. The van der Waals surface area contributed by atoms with E-state index in [1.54, 1.807) is 19.1 Å². The fourth-order valence-corrected chi connectivity index (χ4v) is 3.56. The van der Waals surface area contributed by atoms with Crippen LogP contribution in [0.1, 0.15) is 18.5 Å². The molecule has 0 bridgehead atoms. The molecule has 0 unspecified atom stereocenters. The Morgan fingerprint density at radius 1 is 1.34 bits per heavy atom. The van der Waals surface area contributed by atoms with Gasteiger partial charge < -0.3 is 10.1 Å². The number of benzene rings is 2. The van der Waals surface area contributed by atoms with Crippen molar-refractivity contribution in [1.29, 1.82) is 0 Å². The highest BCUT2D eigenvalue weighted by atomic mass is 16.6. The Kier molecular flexibility index (Phi) is 4.59. The number of para-hydroxylation sites is 2. The molecule has 2 aromatic carbocycles. The molecule has 0 fully saturated rings. The molecule has 0 saturated heterocycles. The second kappa shape index (κ2) is 7.23. The number of hydrogen-bond donors (Lipinski definition) is 1. The van der Waals surface area contributed by atoms with Crippen LogP contribution in [0.2, 0.25) is 0 Å². The first-order valence-electron chi connectivity index (χ1n) is 8.98. The topological polar surface area (TPSA) is 99.3 Å². The number of non-ortho nitro benzene ring substituents is 1. The van der Waals surface area contributed by atoms with Crippen LogP contribution in [0.5, 0.6) is 0 Å². The van der Waals surface area contributed by atoms with E-state index in [1.807, 2.05) is 28.8 Å². The summed E-state index contributed by atoms with van der Waals surface area (Å²) in [5, 5.41) is 14.5. The third-order valence-electron chi connectivity index (χ3n) is 4.78. The number of anilines is 1. The maximum Gasteiger partial charge on any atom is 0.338 e. The second-order valence-electron chi connectivity index (χ2n) is 6.60. The summed E-state index contributed by atoms with van der Waals surface area (Å²) in [5.41, 5.74) is 3.03. The largest absolute Gasteiger partial charge is 0.458 e. The van der Waals surface area contributed by atoms with Gasteiger partial charge in [0.1, 0.15) is 6.61 Å². The fourth-order valence-electron chi connectivity index (χ4n) is 3.56. The molecule has 0 spiro atoms. The summed E-state index contributed by atoms with van der Waals surface area (Å²) in [7, 11) is 0. The van der Waals surface area contributed by atoms with E-state index in [9.17, 15) is 14.9 Å². The SMILES string of the molecule is C=CCOC(=O)C1=C(C)Nc2nc3ccccc3n2[C@@H]1c1cccc([N+](=O)[O-])c1. The lowest BCUT2D eigenvalue weighted by atomic mass is 9.94. The van der Waals surface area contributed by atoms with Crippen molar-refractivity contribution in [2.45, 2.75) is 13.0 Å². The van der Waals surface area contributed by atoms with Gasteiger partial charge in [-0.15, -0.1) is 0 Å². The van der Waals surface area contributed by atoms with Crippen LogP contribution in [0.4, 0.5) is 11.6 Å². The van der Waals surface area contributed by atoms with E-state index >= 15 is 0 Å². The number of nitrogens with one attached hydrogen (secondary N) is 1. The van der Waals surface area contributed by atoms with E-state index in [-0.39, 0.29) is 12.3 Å². The number of aromatic nitrogens is 2. The van der Waals surface area contributed by atoms with Gasteiger partial charge in [-0.25, -0.2) is 9.78 Å².